The Balaban J connectivity index is 2.44. The second-order valence-corrected chi connectivity index (χ2v) is 4.13. The molecule has 0 N–H and O–H groups in total. The predicted molar refractivity (Wildman–Crippen MR) is 65.7 cm³/mol. The number of rotatable bonds is 2. The highest BCUT2D eigenvalue weighted by Crippen LogP contribution is 2.16. The molecule has 0 atom stereocenters. The van der Waals surface area contributed by atoms with Crippen molar-refractivity contribution in [2.24, 2.45) is 0 Å². The van der Waals surface area contributed by atoms with E-state index in [1.807, 2.05) is 19.1 Å². The SMILES string of the molecule is Cc1ccc(C(=O)c2cccc(C)c2F)cc1. The summed E-state index contributed by atoms with van der Waals surface area (Å²) in [5.74, 6) is -0.704. The van der Waals surface area contributed by atoms with Crippen molar-refractivity contribution in [3.63, 3.8) is 0 Å². The number of carbonyl (C=O) groups excluding carboxylic acids is 1. The smallest absolute Gasteiger partial charge is 0.195 e. The van der Waals surface area contributed by atoms with E-state index in [-0.39, 0.29) is 11.3 Å². The quantitative estimate of drug-likeness (QED) is 0.717. The summed E-state index contributed by atoms with van der Waals surface area (Å²) in [4.78, 5) is 12.1. The summed E-state index contributed by atoms with van der Waals surface area (Å²) in [5.41, 5.74) is 2.21. The fourth-order valence-electron chi connectivity index (χ4n) is 1.68. The van der Waals surface area contributed by atoms with E-state index in [9.17, 15) is 9.18 Å². The number of aryl methyl sites for hydroxylation is 2. The topological polar surface area (TPSA) is 17.1 Å². The standard InChI is InChI=1S/C15H13FO/c1-10-6-8-12(9-7-10)15(17)13-5-3-4-11(2)14(13)16/h3-9H,1-2H3. The zero-order valence-corrected chi connectivity index (χ0v) is 9.83. The molecule has 0 aliphatic rings. The molecule has 0 saturated carbocycles. The average Bonchev–Trinajstić information content (AvgIpc) is 2.33. The second-order valence-electron chi connectivity index (χ2n) is 4.13. The van der Waals surface area contributed by atoms with Gasteiger partial charge in [-0.3, -0.25) is 4.79 Å². The van der Waals surface area contributed by atoms with Gasteiger partial charge in [0.15, 0.2) is 5.78 Å². The van der Waals surface area contributed by atoms with E-state index in [2.05, 4.69) is 0 Å². The Morgan fingerprint density at radius 1 is 1.00 bits per heavy atom. The van der Waals surface area contributed by atoms with Crippen molar-refractivity contribution in [1.29, 1.82) is 0 Å². The fourth-order valence-corrected chi connectivity index (χ4v) is 1.68. The van der Waals surface area contributed by atoms with Gasteiger partial charge in [-0.25, -0.2) is 4.39 Å². The number of ketones is 1. The highest BCUT2D eigenvalue weighted by atomic mass is 19.1. The van der Waals surface area contributed by atoms with Gasteiger partial charge in [0.05, 0.1) is 5.56 Å². The molecule has 2 rings (SSSR count). The molecule has 0 aliphatic carbocycles. The van der Waals surface area contributed by atoms with Gasteiger partial charge in [0, 0.05) is 5.56 Å². The summed E-state index contributed by atoms with van der Waals surface area (Å²) in [7, 11) is 0. The number of hydrogen-bond acceptors (Lipinski definition) is 1. The van der Waals surface area contributed by atoms with Crippen LogP contribution in [0.2, 0.25) is 0 Å². The Labute approximate surface area is 99.9 Å². The molecule has 17 heavy (non-hydrogen) atoms. The van der Waals surface area contributed by atoms with Crippen LogP contribution in [0, 0.1) is 19.7 Å². The van der Waals surface area contributed by atoms with Crippen LogP contribution < -0.4 is 0 Å². The lowest BCUT2D eigenvalue weighted by molar-refractivity contribution is 0.103. The normalized spacial score (nSPS) is 10.3. The van der Waals surface area contributed by atoms with Gasteiger partial charge in [-0.15, -0.1) is 0 Å². The van der Waals surface area contributed by atoms with Crippen molar-refractivity contribution < 1.29 is 9.18 Å². The molecule has 2 aromatic carbocycles. The molecule has 0 heterocycles. The molecule has 2 heteroatoms. The number of benzene rings is 2. The van der Waals surface area contributed by atoms with Crippen molar-refractivity contribution in [3.05, 3.63) is 70.5 Å². The van der Waals surface area contributed by atoms with Crippen LogP contribution in [0.25, 0.3) is 0 Å². The largest absolute Gasteiger partial charge is 0.288 e. The Hall–Kier alpha value is -1.96. The third kappa shape index (κ3) is 2.26. The Morgan fingerprint density at radius 2 is 1.65 bits per heavy atom. The number of carbonyl (C=O) groups is 1. The first-order valence-corrected chi connectivity index (χ1v) is 5.46. The van der Waals surface area contributed by atoms with Gasteiger partial charge >= 0.3 is 0 Å². The maximum atomic E-state index is 13.8. The van der Waals surface area contributed by atoms with Crippen molar-refractivity contribution in [3.8, 4) is 0 Å². The van der Waals surface area contributed by atoms with Crippen LogP contribution in [0.1, 0.15) is 27.0 Å². The average molecular weight is 228 g/mol. The summed E-state index contributed by atoms with van der Waals surface area (Å²) in [6.45, 7) is 3.60. The molecule has 0 amide bonds. The minimum absolute atomic E-state index is 0.133. The van der Waals surface area contributed by atoms with Gasteiger partial charge in [-0.1, -0.05) is 42.0 Å². The van der Waals surface area contributed by atoms with Crippen molar-refractivity contribution in [2.75, 3.05) is 0 Å². The van der Waals surface area contributed by atoms with Gasteiger partial charge in [0.2, 0.25) is 0 Å². The first kappa shape index (κ1) is 11.5. The van der Waals surface area contributed by atoms with Crippen LogP contribution in [0.5, 0.6) is 0 Å². The maximum Gasteiger partial charge on any atom is 0.195 e. The Kier molecular flexibility index (Phi) is 3.05. The molecule has 2 aromatic rings. The summed E-state index contributed by atoms with van der Waals surface area (Å²) in [6.07, 6.45) is 0. The first-order chi connectivity index (χ1) is 8.09. The van der Waals surface area contributed by atoms with Gasteiger partial charge in [0.25, 0.3) is 0 Å². The van der Waals surface area contributed by atoms with Crippen LogP contribution in [0.15, 0.2) is 42.5 Å². The molecule has 0 aliphatic heterocycles. The maximum absolute atomic E-state index is 13.8. The molecule has 0 unspecified atom stereocenters. The van der Waals surface area contributed by atoms with Crippen molar-refractivity contribution in [1.82, 2.24) is 0 Å². The van der Waals surface area contributed by atoms with E-state index in [0.717, 1.165) is 5.56 Å². The van der Waals surface area contributed by atoms with E-state index >= 15 is 0 Å². The van der Waals surface area contributed by atoms with E-state index < -0.39 is 5.82 Å². The summed E-state index contributed by atoms with van der Waals surface area (Å²) in [5, 5.41) is 0. The minimum atomic E-state index is -0.432. The summed E-state index contributed by atoms with van der Waals surface area (Å²) < 4.78 is 13.8. The lowest BCUT2D eigenvalue weighted by Crippen LogP contribution is -2.05. The van der Waals surface area contributed by atoms with E-state index in [4.69, 9.17) is 0 Å². The van der Waals surface area contributed by atoms with Crippen LogP contribution in [0.3, 0.4) is 0 Å². The number of hydrogen-bond donors (Lipinski definition) is 0. The highest BCUT2D eigenvalue weighted by molar-refractivity contribution is 6.09. The molecule has 0 fully saturated rings. The first-order valence-electron chi connectivity index (χ1n) is 5.46. The van der Waals surface area contributed by atoms with Crippen LogP contribution in [-0.4, -0.2) is 5.78 Å². The molecule has 0 spiro atoms. The minimum Gasteiger partial charge on any atom is -0.288 e. The molecule has 0 aromatic heterocycles. The third-order valence-corrected chi connectivity index (χ3v) is 2.75. The monoisotopic (exact) mass is 228 g/mol. The third-order valence-electron chi connectivity index (χ3n) is 2.75. The predicted octanol–water partition coefficient (Wildman–Crippen LogP) is 3.67. The van der Waals surface area contributed by atoms with Crippen LogP contribution in [0.4, 0.5) is 4.39 Å². The van der Waals surface area contributed by atoms with Crippen molar-refractivity contribution in [2.45, 2.75) is 13.8 Å². The lowest BCUT2D eigenvalue weighted by Gasteiger charge is -2.05. The molecular formula is C15H13FO. The molecular weight excluding hydrogens is 215 g/mol. The van der Waals surface area contributed by atoms with Crippen LogP contribution in [-0.2, 0) is 0 Å². The summed E-state index contributed by atoms with van der Waals surface area (Å²) >= 11 is 0. The van der Waals surface area contributed by atoms with Crippen LogP contribution >= 0.6 is 0 Å². The van der Waals surface area contributed by atoms with E-state index in [1.165, 1.54) is 6.07 Å². The van der Waals surface area contributed by atoms with Gasteiger partial charge in [-0.2, -0.15) is 0 Å². The van der Waals surface area contributed by atoms with E-state index in [1.54, 1.807) is 31.2 Å². The highest BCUT2D eigenvalue weighted by Gasteiger charge is 2.14. The molecule has 86 valence electrons. The molecule has 1 nitrogen and oxygen atoms in total. The zero-order chi connectivity index (χ0) is 12.4. The molecule has 0 radical (unpaired) electrons. The molecule has 0 bridgehead atoms. The second kappa shape index (κ2) is 4.50. The Morgan fingerprint density at radius 3 is 2.29 bits per heavy atom. The lowest BCUT2D eigenvalue weighted by atomic mass is 10.0. The Bertz CT molecular complexity index is 556. The van der Waals surface area contributed by atoms with Gasteiger partial charge in [0.1, 0.15) is 5.82 Å². The zero-order valence-electron chi connectivity index (χ0n) is 9.83. The van der Waals surface area contributed by atoms with Crippen molar-refractivity contribution >= 4 is 5.78 Å². The van der Waals surface area contributed by atoms with Gasteiger partial charge < -0.3 is 0 Å². The van der Waals surface area contributed by atoms with Gasteiger partial charge in [-0.05, 0) is 25.5 Å². The molecule has 0 saturated heterocycles. The van der Waals surface area contributed by atoms with E-state index in [0.29, 0.717) is 11.1 Å². The number of halogens is 1. The fraction of sp³-hybridized carbons (Fsp3) is 0.133. The summed E-state index contributed by atoms with van der Waals surface area (Å²) in [6, 6.07) is 12.0.